The van der Waals surface area contributed by atoms with Gasteiger partial charge in [0.1, 0.15) is 5.84 Å². The summed E-state index contributed by atoms with van der Waals surface area (Å²) in [6.07, 6.45) is 6.26. The molecule has 0 saturated heterocycles. The second kappa shape index (κ2) is 12.8. The molecule has 2 aromatic rings. The van der Waals surface area contributed by atoms with Crippen molar-refractivity contribution in [2.45, 2.75) is 39.7 Å². The molecule has 2 aromatic carbocycles. The standard InChI is InChI=1S/C29H32F4N4/c1-5-22(29(4,32)33)16-24(21-12-14-25(30)26(31)15-21)18(3)37-17-20-9-7-19(8-10-20)11-13-23(28(35)36)27(34)6-2/h5-10,12-16,37H,1,11,17,34H2,2-4H3,(H3,35,36)/b22-16+,23-13+,24-18-,27-6-. The first-order valence-electron chi connectivity index (χ1n) is 11.5. The van der Waals surface area contributed by atoms with Gasteiger partial charge in [0.15, 0.2) is 11.6 Å². The third-order valence-corrected chi connectivity index (χ3v) is 5.70. The maximum atomic E-state index is 14.0. The third kappa shape index (κ3) is 8.24. The molecular formula is C29H32F4N4. The van der Waals surface area contributed by atoms with Gasteiger partial charge in [-0.05, 0) is 55.2 Å². The van der Waals surface area contributed by atoms with Crippen LogP contribution in [0, 0.1) is 17.0 Å². The molecule has 37 heavy (non-hydrogen) atoms. The van der Waals surface area contributed by atoms with E-state index >= 15 is 0 Å². The summed E-state index contributed by atoms with van der Waals surface area (Å²) in [5.41, 5.74) is 15.0. The molecular weight excluding hydrogens is 480 g/mol. The van der Waals surface area contributed by atoms with E-state index < -0.39 is 17.6 Å². The lowest BCUT2D eigenvalue weighted by atomic mass is 9.98. The summed E-state index contributed by atoms with van der Waals surface area (Å²) in [7, 11) is 0. The van der Waals surface area contributed by atoms with Crippen LogP contribution < -0.4 is 16.8 Å². The predicted molar refractivity (Wildman–Crippen MR) is 143 cm³/mol. The average Bonchev–Trinajstić information content (AvgIpc) is 2.84. The molecule has 0 aliphatic heterocycles. The van der Waals surface area contributed by atoms with Gasteiger partial charge in [-0.25, -0.2) is 17.6 Å². The Labute approximate surface area is 215 Å². The Balaban J connectivity index is 2.31. The first kappa shape index (κ1) is 29.2. The Morgan fingerprint density at radius 2 is 1.68 bits per heavy atom. The van der Waals surface area contributed by atoms with Crippen LogP contribution in [0.2, 0.25) is 0 Å². The molecule has 0 radical (unpaired) electrons. The Kier molecular flexibility index (Phi) is 10.1. The molecule has 0 spiro atoms. The highest BCUT2D eigenvalue weighted by molar-refractivity contribution is 5.98. The molecule has 0 bridgehead atoms. The van der Waals surface area contributed by atoms with Gasteiger partial charge in [0.2, 0.25) is 0 Å². The van der Waals surface area contributed by atoms with E-state index in [0.717, 1.165) is 36.3 Å². The lowest BCUT2D eigenvalue weighted by molar-refractivity contribution is 0.0676. The molecule has 0 atom stereocenters. The zero-order valence-corrected chi connectivity index (χ0v) is 21.1. The molecule has 0 saturated carbocycles. The highest BCUT2D eigenvalue weighted by atomic mass is 19.3. The van der Waals surface area contributed by atoms with Gasteiger partial charge in [0.05, 0.1) is 0 Å². The van der Waals surface area contributed by atoms with Gasteiger partial charge in [0.25, 0.3) is 5.92 Å². The van der Waals surface area contributed by atoms with Gasteiger partial charge >= 0.3 is 0 Å². The van der Waals surface area contributed by atoms with Crippen molar-refractivity contribution in [3.63, 3.8) is 0 Å². The molecule has 0 aliphatic rings. The fourth-order valence-corrected chi connectivity index (χ4v) is 3.47. The number of nitrogens with one attached hydrogen (secondary N) is 2. The molecule has 0 unspecified atom stereocenters. The largest absolute Gasteiger partial charge is 0.398 e. The Bertz CT molecular complexity index is 1260. The number of benzene rings is 2. The first-order valence-corrected chi connectivity index (χ1v) is 11.5. The van der Waals surface area contributed by atoms with Crippen LogP contribution in [0.25, 0.3) is 5.57 Å². The monoisotopic (exact) mass is 512 g/mol. The van der Waals surface area contributed by atoms with Crippen molar-refractivity contribution in [3.8, 4) is 0 Å². The van der Waals surface area contributed by atoms with Gasteiger partial charge in [0, 0.05) is 41.6 Å². The number of hydrogen-bond donors (Lipinski definition) is 4. The van der Waals surface area contributed by atoms with E-state index in [2.05, 4.69) is 11.9 Å². The van der Waals surface area contributed by atoms with Gasteiger partial charge in [-0.2, -0.15) is 0 Å². The second-order valence-electron chi connectivity index (χ2n) is 8.51. The minimum absolute atomic E-state index is 0.106. The van der Waals surface area contributed by atoms with Crippen LogP contribution in [-0.2, 0) is 13.0 Å². The summed E-state index contributed by atoms with van der Waals surface area (Å²) in [5.74, 6) is -5.38. The Morgan fingerprint density at radius 3 is 2.19 bits per heavy atom. The summed E-state index contributed by atoms with van der Waals surface area (Å²) >= 11 is 0. The quantitative estimate of drug-likeness (QED) is 0.120. The van der Waals surface area contributed by atoms with Crippen LogP contribution in [0.3, 0.4) is 0 Å². The molecule has 0 amide bonds. The number of rotatable bonds is 11. The molecule has 6 N–H and O–H groups in total. The van der Waals surface area contributed by atoms with Gasteiger partial charge in [-0.3, -0.25) is 5.41 Å². The fourth-order valence-electron chi connectivity index (χ4n) is 3.47. The van der Waals surface area contributed by atoms with Crippen molar-refractivity contribution in [2.75, 3.05) is 0 Å². The molecule has 4 nitrogen and oxygen atoms in total. The number of alkyl halides is 2. The van der Waals surface area contributed by atoms with Crippen LogP contribution in [-0.4, -0.2) is 11.8 Å². The molecule has 8 heteroatoms. The van der Waals surface area contributed by atoms with Crippen LogP contribution in [0.1, 0.15) is 37.5 Å². The van der Waals surface area contributed by atoms with Crippen molar-refractivity contribution in [1.29, 1.82) is 5.41 Å². The van der Waals surface area contributed by atoms with Crippen molar-refractivity contribution >= 4 is 11.4 Å². The molecule has 196 valence electrons. The van der Waals surface area contributed by atoms with Crippen molar-refractivity contribution in [2.24, 2.45) is 11.5 Å². The van der Waals surface area contributed by atoms with Crippen LogP contribution in [0.5, 0.6) is 0 Å². The third-order valence-electron chi connectivity index (χ3n) is 5.70. The van der Waals surface area contributed by atoms with Crippen molar-refractivity contribution in [1.82, 2.24) is 5.32 Å². The minimum atomic E-state index is -3.17. The lowest BCUT2D eigenvalue weighted by Crippen LogP contribution is -2.18. The molecule has 2 rings (SSSR count). The van der Waals surface area contributed by atoms with Crippen LogP contribution >= 0.6 is 0 Å². The minimum Gasteiger partial charge on any atom is -0.398 e. The molecule has 0 aromatic heterocycles. The first-order chi connectivity index (χ1) is 17.4. The highest BCUT2D eigenvalue weighted by Crippen LogP contribution is 2.30. The summed E-state index contributed by atoms with van der Waals surface area (Å²) in [6.45, 7) is 8.01. The van der Waals surface area contributed by atoms with E-state index in [1.54, 1.807) is 26.0 Å². The van der Waals surface area contributed by atoms with Gasteiger partial charge < -0.3 is 16.8 Å². The lowest BCUT2D eigenvalue weighted by Gasteiger charge is -2.16. The SMILES string of the molecule is C=C/C(=C\C(=C(/C)NCc1ccc(C/C=C(C(=N)N)\C(N)=C\C)cc1)c1ccc(F)c(F)c1)C(C)(F)F. The second-order valence-corrected chi connectivity index (χ2v) is 8.51. The zero-order chi connectivity index (χ0) is 27.8. The molecule has 0 heterocycles. The molecule has 0 aliphatic carbocycles. The van der Waals surface area contributed by atoms with Gasteiger partial charge in [-0.15, -0.1) is 0 Å². The van der Waals surface area contributed by atoms with E-state index in [4.69, 9.17) is 16.9 Å². The maximum Gasteiger partial charge on any atom is 0.270 e. The Hall–Kier alpha value is -4.07. The number of amidine groups is 1. The number of allylic oxidation sites excluding steroid dienone is 7. The van der Waals surface area contributed by atoms with E-state index in [0.29, 0.717) is 29.9 Å². The topological polar surface area (TPSA) is 87.9 Å². The van der Waals surface area contributed by atoms with E-state index in [1.807, 2.05) is 24.3 Å². The van der Waals surface area contributed by atoms with Crippen LogP contribution in [0.15, 0.2) is 95.9 Å². The summed E-state index contributed by atoms with van der Waals surface area (Å²) in [4.78, 5) is 0. The maximum absolute atomic E-state index is 14.0. The average molecular weight is 513 g/mol. The summed E-state index contributed by atoms with van der Waals surface area (Å²) in [6, 6.07) is 10.9. The van der Waals surface area contributed by atoms with E-state index in [1.165, 1.54) is 12.1 Å². The summed E-state index contributed by atoms with van der Waals surface area (Å²) < 4.78 is 55.5. The molecule has 0 fully saturated rings. The fraction of sp³-hybridized carbons (Fsp3) is 0.207. The highest BCUT2D eigenvalue weighted by Gasteiger charge is 2.26. The Morgan fingerprint density at radius 1 is 1.05 bits per heavy atom. The van der Waals surface area contributed by atoms with E-state index in [-0.39, 0.29) is 22.5 Å². The van der Waals surface area contributed by atoms with Gasteiger partial charge in [-0.1, -0.05) is 55.1 Å². The summed E-state index contributed by atoms with van der Waals surface area (Å²) in [5, 5.41) is 10.9. The van der Waals surface area contributed by atoms with Crippen molar-refractivity contribution < 1.29 is 17.6 Å². The number of nitrogens with two attached hydrogens (primary N) is 2. The normalized spacial score (nSPS) is 13.8. The van der Waals surface area contributed by atoms with E-state index in [9.17, 15) is 17.6 Å². The van der Waals surface area contributed by atoms with Crippen LogP contribution in [0.4, 0.5) is 17.6 Å². The zero-order valence-electron chi connectivity index (χ0n) is 21.1. The predicted octanol–water partition coefficient (Wildman–Crippen LogP) is 6.52. The number of halogens is 4. The van der Waals surface area contributed by atoms with Crippen molar-refractivity contribution in [3.05, 3.63) is 124 Å². The smallest absolute Gasteiger partial charge is 0.270 e. The number of hydrogen-bond acceptors (Lipinski definition) is 3.